The molecule has 0 aromatic carbocycles. The molecular weight excluding hydrogens is 397 g/mol. The van der Waals surface area contributed by atoms with Crippen molar-refractivity contribution in [2.75, 3.05) is 12.4 Å². The quantitative estimate of drug-likeness (QED) is 0.603. The molecule has 0 bridgehead atoms. The van der Waals surface area contributed by atoms with Gasteiger partial charge in [-0.2, -0.15) is 5.10 Å². The highest BCUT2D eigenvalue weighted by atomic mass is 35.5. The summed E-state index contributed by atoms with van der Waals surface area (Å²) in [6, 6.07) is 5.44. The number of nitrogens with one attached hydrogen (secondary N) is 2. The van der Waals surface area contributed by atoms with Crippen molar-refractivity contribution in [1.29, 1.82) is 0 Å². The van der Waals surface area contributed by atoms with Gasteiger partial charge in [0.1, 0.15) is 9.90 Å². The average molecular weight is 412 g/mol. The summed E-state index contributed by atoms with van der Waals surface area (Å²) in [6.45, 7) is 0. The second-order valence-corrected chi connectivity index (χ2v) is 7.14. The number of rotatable bonds is 5. The van der Waals surface area contributed by atoms with Crippen LogP contribution in [0.5, 0.6) is 0 Å². The number of nitrogens with zero attached hydrogens (tertiary/aromatic N) is 3. The number of ether oxygens (including phenoxy) is 1. The number of carbonyl (C=O) groups is 1. The topological polar surface area (TPSA) is 92.8 Å². The lowest BCUT2D eigenvalue weighted by atomic mass is 10.3. The second-order valence-electron chi connectivity index (χ2n) is 5.65. The van der Waals surface area contributed by atoms with Gasteiger partial charge in [0.05, 0.1) is 18.2 Å². The molecule has 0 amide bonds. The summed E-state index contributed by atoms with van der Waals surface area (Å²) in [7, 11) is 1.35. The van der Waals surface area contributed by atoms with Gasteiger partial charge in [0.25, 0.3) is 0 Å². The number of hydrogen-bond acceptors (Lipinski definition) is 7. The highest BCUT2D eigenvalue weighted by Gasteiger charge is 2.25. The summed E-state index contributed by atoms with van der Waals surface area (Å²) in [5, 5.41) is 10.8. The van der Waals surface area contributed by atoms with E-state index in [4.69, 9.17) is 16.3 Å². The zero-order chi connectivity index (χ0) is 17.4. The van der Waals surface area contributed by atoms with E-state index in [0.29, 0.717) is 33.3 Å². The van der Waals surface area contributed by atoms with Crippen LogP contribution in [0.25, 0.3) is 10.7 Å². The molecule has 7 nitrogen and oxygen atoms in total. The fourth-order valence-corrected chi connectivity index (χ4v) is 3.37. The standard InChI is InChI=1S/C16H14ClN5O2S.ClH/c1-24-16(23)12-5-4-11(25-12)15-18-7-9(17)14(20-15)19-13-6-10(21-22-13)8-2-3-8;/h4-8H,2-3H2,1H3,(H2,18,19,20,21,22);1H. The van der Waals surface area contributed by atoms with Crippen LogP contribution in [-0.2, 0) is 4.74 Å². The van der Waals surface area contributed by atoms with Crippen molar-refractivity contribution in [3.05, 3.63) is 40.0 Å². The van der Waals surface area contributed by atoms with E-state index in [1.54, 1.807) is 12.1 Å². The third kappa shape index (κ3) is 3.82. The third-order valence-electron chi connectivity index (χ3n) is 3.82. The van der Waals surface area contributed by atoms with Gasteiger partial charge in [0.2, 0.25) is 0 Å². The van der Waals surface area contributed by atoms with Crippen molar-refractivity contribution in [3.63, 3.8) is 0 Å². The van der Waals surface area contributed by atoms with E-state index in [-0.39, 0.29) is 18.4 Å². The number of anilines is 2. The van der Waals surface area contributed by atoms with Gasteiger partial charge >= 0.3 is 5.97 Å². The molecule has 136 valence electrons. The van der Waals surface area contributed by atoms with Gasteiger partial charge in [0, 0.05) is 17.7 Å². The highest BCUT2D eigenvalue weighted by Crippen LogP contribution is 2.40. The van der Waals surface area contributed by atoms with Gasteiger partial charge < -0.3 is 10.1 Å². The zero-order valence-corrected chi connectivity index (χ0v) is 16.0. The number of aromatic nitrogens is 4. The van der Waals surface area contributed by atoms with Crippen LogP contribution in [-0.4, -0.2) is 33.2 Å². The van der Waals surface area contributed by atoms with Crippen molar-refractivity contribution in [2.24, 2.45) is 0 Å². The van der Waals surface area contributed by atoms with E-state index in [1.165, 1.54) is 37.5 Å². The Morgan fingerprint density at radius 1 is 1.42 bits per heavy atom. The van der Waals surface area contributed by atoms with Gasteiger partial charge in [-0.15, -0.1) is 23.7 Å². The first-order valence-corrected chi connectivity index (χ1v) is 8.87. The maximum absolute atomic E-state index is 11.6. The number of aromatic amines is 1. The number of carbonyl (C=O) groups excluding carboxylic acids is 1. The Kier molecular flexibility index (Phi) is 5.45. The van der Waals surface area contributed by atoms with Gasteiger partial charge in [-0.3, -0.25) is 5.10 Å². The minimum Gasteiger partial charge on any atom is -0.465 e. The van der Waals surface area contributed by atoms with Crippen molar-refractivity contribution >= 4 is 52.9 Å². The molecule has 0 unspecified atom stereocenters. The molecule has 0 spiro atoms. The molecule has 0 radical (unpaired) electrons. The predicted octanol–water partition coefficient (Wildman–Crippen LogP) is 4.41. The fourth-order valence-electron chi connectivity index (χ4n) is 2.37. The highest BCUT2D eigenvalue weighted by molar-refractivity contribution is 7.17. The minimum absolute atomic E-state index is 0. The summed E-state index contributed by atoms with van der Waals surface area (Å²) in [5.41, 5.74) is 1.12. The molecule has 3 aromatic heterocycles. The normalized spacial score (nSPS) is 13.2. The molecule has 1 saturated carbocycles. The molecule has 26 heavy (non-hydrogen) atoms. The summed E-state index contributed by atoms with van der Waals surface area (Å²) >= 11 is 7.46. The summed E-state index contributed by atoms with van der Waals surface area (Å²) < 4.78 is 4.72. The summed E-state index contributed by atoms with van der Waals surface area (Å²) in [4.78, 5) is 21.5. The number of thiophene rings is 1. The number of methoxy groups -OCH3 is 1. The van der Waals surface area contributed by atoms with Crippen LogP contribution in [0.1, 0.15) is 34.1 Å². The Morgan fingerprint density at radius 3 is 2.96 bits per heavy atom. The smallest absolute Gasteiger partial charge is 0.348 e. The number of halogens is 2. The van der Waals surface area contributed by atoms with Crippen molar-refractivity contribution < 1.29 is 9.53 Å². The molecule has 1 aliphatic carbocycles. The Labute approximate surface area is 164 Å². The molecule has 0 aliphatic heterocycles. The van der Waals surface area contributed by atoms with Gasteiger partial charge in [-0.1, -0.05) is 11.6 Å². The predicted molar refractivity (Wildman–Crippen MR) is 103 cm³/mol. The largest absolute Gasteiger partial charge is 0.465 e. The van der Waals surface area contributed by atoms with Crippen LogP contribution in [0.4, 0.5) is 11.6 Å². The number of esters is 1. The maximum Gasteiger partial charge on any atom is 0.348 e. The lowest BCUT2D eigenvalue weighted by Gasteiger charge is -2.05. The van der Waals surface area contributed by atoms with E-state index in [0.717, 1.165) is 10.6 Å². The molecule has 1 aliphatic rings. The van der Waals surface area contributed by atoms with Crippen molar-refractivity contribution in [2.45, 2.75) is 18.8 Å². The average Bonchev–Trinajstić information content (AvgIpc) is 3.17. The van der Waals surface area contributed by atoms with E-state index in [9.17, 15) is 4.79 Å². The minimum atomic E-state index is -0.382. The first-order valence-electron chi connectivity index (χ1n) is 7.67. The molecule has 1 fully saturated rings. The fraction of sp³-hybridized carbons (Fsp3) is 0.250. The van der Waals surface area contributed by atoms with Gasteiger partial charge in [-0.25, -0.2) is 14.8 Å². The first-order chi connectivity index (χ1) is 12.1. The number of hydrogen-bond donors (Lipinski definition) is 2. The molecule has 3 heterocycles. The molecule has 3 aromatic rings. The molecule has 2 N–H and O–H groups in total. The van der Waals surface area contributed by atoms with Crippen LogP contribution in [0.2, 0.25) is 5.02 Å². The van der Waals surface area contributed by atoms with E-state index < -0.39 is 0 Å². The Morgan fingerprint density at radius 2 is 2.23 bits per heavy atom. The third-order valence-corrected chi connectivity index (χ3v) is 5.16. The molecule has 0 saturated heterocycles. The molecule has 10 heteroatoms. The maximum atomic E-state index is 11.6. The Balaban J connectivity index is 0.00000196. The zero-order valence-electron chi connectivity index (χ0n) is 13.7. The first kappa shape index (κ1) is 18.6. The SMILES string of the molecule is COC(=O)c1ccc(-c2ncc(Cl)c(Nc3cc(C4CC4)[nH]n3)n2)s1.Cl. The molecular formula is C16H15Cl2N5O2S. The lowest BCUT2D eigenvalue weighted by molar-refractivity contribution is 0.0606. The van der Waals surface area contributed by atoms with E-state index in [1.807, 2.05) is 6.07 Å². The summed E-state index contributed by atoms with van der Waals surface area (Å²) in [6.07, 6.45) is 3.92. The van der Waals surface area contributed by atoms with Gasteiger partial charge in [0.15, 0.2) is 17.5 Å². The molecule has 0 atom stereocenters. The summed E-state index contributed by atoms with van der Waals surface area (Å²) in [5.74, 6) is 1.81. The second kappa shape index (κ2) is 7.61. The Bertz CT molecular complexity index is 938. The molecule has 4 rings (SSSR count). The van der Waals surface area contributed by atoms with Crippen LogP contribution < -0.4 is 5.32 Å². The number of H-pyrrole nitrogens is 1. The van der Waals surface area contributed by atoms with E-state index >= 15 is 0 Å². The monoisotopic (exact) mass is 411 g/mol. The van der Waals surface area contributed by atoms with Crippen LogP contribution in [0, 0.1) is 0 Å². The van der Waals surface area contributed by atoms with Crippen LogP contribution >= 0.6 is 35.3 Å². The van der Waals surface area contributed by atoms with Crippen molar-refractivity contribution in [1.82, 2.24) is 20.2 Å². The van der Waals surface area contributed by atoms with E-state index in [2.05, 4.69) is 25.5 Å². The van der Waals surface area contributed by atoms with Crippen LogP contribution in [0.3, 0.4) is 0 Å². The lowest BCUT2D eigenvalue weighted by Crippen LogP contribution is -1.98. The van der Waals surface area contributed by atoms with Crippen molar-refractivity contribution in [3.8, 4) is 10.7 Å². The van der Waals surface area contributed by atoms with Gasteiger partial charge in [-0.05, 0) is 25.0 Å². The van der Waals surface area contributed by atoms with Crippen LogP contribution in [0.15, 0.2) is 24.4 Å². The Hall–Kier alpha value is -2.16.